The molecular formula is C15H20N6O2. The average Bonchev–Trinajstić information content (AvgIpc) is 2.89. The molecule has 0 unspecified atom stereocenters. The molecule has 3 amide bonds. The number of carbonyl (C=O) groups excluding carboxylic acids is 2. The van der Waals surface area contributed by atoms with Crippen LogP contribution >= 0.6 is 0 Å². The smallest absolute Gasteiger partial charge is 0.324 e. The predicted octanol–water partition coefficient (Wildman–Crippen LogP) is 2.80. The van der Waals surface area contributed by atoms with E-state index < -0.39 is 6.03 Å². The van der Waals surface area contributed by atoms with Crippen LogP contribution in [0.15, 0.2) is 18.2 Å². The normalized spacial score (nSPS) is 10.2. The first-order chi connectivity index (χ1) is 11.0. The van der Waals surface area contributed by atoms with Gasteiger partial charge >= 0.3 is 6.03 Å². The second-order valence-electron chi connectivity index (χ2n) is 5.11. The van der Waals surface area contributed by atoms with Gasteiger partial charge in [-0.2, -0.15) is 10.3 Å². The van der Waals surface area contributed by atoms with Crippen LogP contribution in [0.5, 0.6) is 0 Å². The van der Waals surface area contributed by atoms with Crippen LogP contribution < -0.4 is 16.0 Å². The van der Waals surface area contributed by atoms with Gasteiger partial charge in [-0.25, -0.2) is 4.79 Å². The minimum atomic E-state index is -0.429. The summed E-state index contributed by atoms with van der Waals surface area (Å²) in [4.78, 5) is 23.7. The van der Waals surface area contributed by atoms with E-state index in [-0.39, 0.29) is 5.91 Å². The molecule has 0 spiro atoms. The van der Waals surface area contributed by atoms with Crippen molar-refractivity contribution in [3.8, 4) is 0 Å². The highest BCUT2D eigenvalue weighted by molar-refractivity contribution is 6.01. The van der Waals surface area contributed by atoms with Crippen LogP contribution in [0.4, 0.5) is 22.0 Å². The van der Waals surface area contributed by atoms with Gasteiger partial charge in [-0.15, -0.1) is 5.10 Å². The second kappa shape index (κ2) is 7.39. The van der Waals surface area contributed by atoms with Crippen molar-refractivity contribution in [1.82, 2.24) is 15.4 Å². The van der Waals surface area contributed by atoms with Crippen molar-refractivity contribution in [3.63, 3.8) is 0 Å². The number of aromatic nitrogens is 3. The van der Waals surface area contributed by atoms with Gasteiger partial charge in [0, 0.05) is 17.8 Å². The Hall–Kier alpha value is -2.90. The van der Waals surface area contributed by atoms with Crippen molar-refractivity contribution in [1.29, 1.82) is 0 Å². The Labute approximate surface area is 134 Å². The number of benzene rings is 1. The Morgan fingerprint density at radius 3 is 2.39 bits per heavy atom. The first-order valence-electron chi connectivity index (χ1n) is 7.36. The molecule has 2 rings (SSSR count). The molecule has 0 saturated heterocycles. The van der Waals surface area contributed by atoms with Gasteiger partial charge in [0.15, 0.2) is 5.82 Å². The molecule has 1 heterocycles. The summed E-state index contributed by atoms with van der Waals surface area (Å²) < 4.78 is 0. The zero-order chi connectivity index (χ0) is 16.8. The molecule has 0 atom stereocenters. The third kappa shape index (κ3) is 4.29. The number of aryl methyl sites for hydroxylation is 1. The summed E-state index contributed by atoms with van der Waals surface area (Å²) in [7, 11) is 0. The standard InChI is InChI=1S/C15H20N6O2/c1-4-6-13(22)16-11-7-5-8-12(9(11)2)17-15(23)18-14-10(3)19-21-20-14/h5,7-8H,4,6H2,1-3H3,(H,16,22)(H3,17,18,19,20,21,23). The summed E-state index contributed by atoms with van der Waals surface area (Å²) in [6.45, 7) is 5.51. The number of nitrogens with zero attached hydrogens (tertiary/aromatic N) is 2. The van der Waals surface area contributed by atoms with Crippen LogP contribution in [0.1, 0.15) is 31.0 Å². The molecule has 1 aromatic carbocycles. The van der Waals surface area contributed by atoms with E-state index in [2.05, 4.69) is 31.4 Å². The highest BCUT2D eigenvalue weighted by Crippen LogP contribution is 2.23. The number of nitrogens with one attached hydrogen (secondary N) is 4. The third-order valence-corrected chi connectivity index (χ3v) is 3.29. The minimum absolute atomic E-state index is 0.0459. The fourth-order valence-corrected chi connectivity index (χ4v) is 2.01. The monoisotopic (exact) mass is 316 g/mol. The van der Waals surface area contributed by atoms with Gasteiger partial charge in [-0.1, -0.05) is 13.0 Å². The summed E-state index contributed by atoms with van der Waals surface area (Å²) in [5.41, 5.74) is 2.67. The van der Waals surface area contributed by atoms with E-state index in [1.54, 1.807) is 25.1 Å². The molecule has 0 aliphatic carbocycles. The third-order valence-electron chi connectivity index (χ3n) is 3.29. The van der Waals surface area contributed by atoms with E-state index in [0.29, 0.717) is 29.3 Å². The summed E-state index contributed by atoms with van der Waals surface area (Å²) in [6, 6.07) is 4.90. The number of aromatic amines is 1. The first-order valence-corrected chi connectivity index (χ1v) is 7.36. The molecule has 23 heavy (non-hydrogen) atoms. The molecular weight excluding hydrogens is 296 g/mol. The summed E-state index contributed by atoms with van der Waals surface area (Å²) in [6.07, 6.45) is 1.24. The number of hydrogen-bond acceptors (Lipinski definition) is 4. The van der Waals surface area contributed by atoms with E-state index in [9.17, 15) is 9.59 Å². The van der Waals surface area contributed by atoms with Crippen LogP contribution in [-0.2, 0) is 4.79 Å². The van der Waals surface area contributed by atoms with Crippen molar-refractivity contribution in [2.24, 2.45) is 0 Å². The minimum Gasteiger partial charge on any atom is -0.326 e. The van der Waals surface area contributed by atoms with Gasteiger partial charge in [-0.3, -0.25) is 10.1 Å². The Kier molecular flexibility index (Phi) is 5.29. The zero-order valence-corrected chi connectivity index (χ0v) is 13.4. The van der Waals surface area contributed by atoms with Gasteiger partial charge in [0.25, 0.3) is 0 Å². The first kappa shape index (κ1) is 16.5. The summed E-state index contributed by atoms with van der Waals surface area (Å²) >= 11 is 0. The zero-order valence-electron chi connectivity index (χ0n) is 13.4. The molecule has 0 bridgehead atoms. The lowest BCUT2D eigenvalue weighted by molar-refractivity contribution is -0.116. The number of rotatable bonds is 5. The Balaban J connectivity index is 2.06. The maximum Gasteiger partial charge on any atom is 0.324 e. The number of amides is 3. The number of carbonyl (C=O) groups is 2. The Morgan fingerprint density at radius 1 is 1.09 bits per heavy atom. The van der Waals surface area contributed by atoms with E-state index in [1.165, 1.54) is 0 Å². The highest BCUT2D eigenvalue weighted by atomic mass is 16.2. The van der Waals surface area contributed by atoms with Gasteiger partial charge in [0.1, 0.15) is 5.69 Å². The van der Waals surface area contributed by atoms with Crippen LogP contribution in [0.3, 0.4) is 0 Å². The summed E-state index contributed by atoms with van der Waals surface area (Å²) in [5, 5.41) is 18.3. The molecule has 8 heteroatoms. The second-order valence-corrected chi connectivity index (χ2v) is 5.11. The molecule has 0 aliphatic heterocycles. The van der Waals surface area contributed by atoms with Gasteiger partial charge in [0.2, 0.25) is 5.91 Å². The fourth-order valence-electron chi connectivity index (χ4n) is 2.01. The molecule has 4 N–H and O–H groups in total. The van der Waals surface area contributed by atoms with Gasteiger partial charge < -0.3 is 10.6 Å². The van der Waals surface area contributed by atoms with Crippen molar-refractivity contribution in [2.75, 3.05) is 16.0 Å². The molecule has 1 aromatic heterocycles. The number of hydrogen-bond donors (Lipinski definition) is 4. The lowest BCUT2D eigenvalue weighted by Crippen LogP contribution is -2.21. The topological polar surface area (TPSA) is 112 Å². The van der Waals surface area contributed by atoms with Crippen molar-refractivity contribution < 1.29 is 9.59 Å². The molecule has 0 fully saturated rings. The maximum absolute atomic E-state index is 12.0. The maximum atomic E-state index is 12.0. The SMILES string of the molecule is CCCC(=O)Nc1cccc(NC(=O)Nc2n[nH]nc2C)c1C. The molecule has 2 aromatic rings. The quantitative estimate of drug-likeness (QED) is 0.679. The van der Waals surface area contributed by atoms with Gasteiger partial charge in [-0.05, 0) is 38.0 Å². The molecule has 0 aliphatic rings. The lowest BCUT2D eigenvalue weighted by atomic mass is 10.1. The van der Waals surface area contributed by atoms with E-state index in [0.717, 1.165) is 12.0 Å². The largest absolute Gasteiger partial charge is 0.326 e. The Bertz CT molecular complexity index is 710. The van der Waals surface area contributed by atoms with Crippen LogP contribution in [0.2, 0.25) is 0 Å². The number of anilines is 3. The number of urea groups is 1. The predicted molar refractivity (Wildman–Crippen MR) is 88.5 cm³/mol. The van der Waals surface area contributed by atoms with Crippen molar-refractivity contribution >= 4 is 29.1 Å². The molecule has 0 radical (unpaired) electrons. The summed E-state index contributed by atoms with van der Waals surface area (Å²) in [5.74, 6) is 0.322. The lowest BCUT2D eigenvalue weighted by Gasteiger charge is -2.13. The van der Waals surface area contributed by atoms with E-state index >= 15 is 0 Å². The molecule has 8 nitrogen and oxygen atoms in total. The Morgan fingerprint density at radius 2 is 1.78 bits per heavy atom. The van der Waals surface area contributed by atoms with E-state index in [1.807, 2.05) is 13.8 Å². The van der Waals surface area contributed by atoms with Crippen LogP contribution in [-0.4, -0.2) is 27.3 Å². The van der Waals surface area contributed by atoms with Crippen LogP contribution in [0, 0.1) is 13.8 Å². The number of H-pyrrole nitrogens is 1. The van der Waals surface area contributed by atoms with E-state index in [4.69, 9.17) is 0 Å². The molecule has 122 valence electrons. The highest BCUT2D eigenvalue weighted by Gasteiger charge is 2.11. The van der Waals surface area contributed by atoms with Crippen LogP contribution in [0.25, 0.3) is 0 Å². The molecule has 0 saturated carbocycles. The van der Waals surface area contributed by atoms with Crippen molar-refractivity contribution in [3.05, 3.63) is 29.5 Å². The van der Waals surface area contributed by atoms with Crippen molar-refractivity contribution in [2.45, 2.75) is 33.6 Å². The average molecular weight is 316 g/mol. The van der Waals surface area contributed by atoms with Gasteiger partial charge in [0.05, 0.1) is 0 Å². The fraction of sp³-hybridized carbons (Fsp3) is 0.333.